The minimum Gasteiger partial charge on any atom is -0.748 e. The lowest BCUT2D eigenvalue weighted by atomic mass is 9.81. The summed E-state index contributed by atoms with van der Waals surface area (Å²) in [6.07, 6.45) is 10.6. The van der Waals surface area contributed by atoms with Crippen LogP contribution in [0.2, 0.25) is 0 Å². The number of hydrogen-bond acceptors (Lipinski definition) is 27. The Labute approximate surface area is 751 Å². The fourth-order valence-electron chi connectivity index (χ4n) is 14.7. The fraction of sp³-hybridized carbons (Fsp3) is 0.518. The number of carbonyl (C=O) groups is 9. The molecule has 0 bridgehead atoms. The predicted molar refractivity (Wildman–Crippen MR) is 472 cm³/mol. The van der Waals surface area contributed by atoms with Crippen LogP contribution in [0.1, 0.15) is 192 Å². The zero-order valence-electron chi connectivity index (χ0n) is 72.3. The Kier molecular flexibility index (Phi) is 48.3. The number of Topliss-reactive ketones (excluding diaryl/α,β-unsaturated/α-hetero) is 3. The van der Waals surface area contributed by atoms with Gasteiger partial charge in [-0.3, -0.25) is 53.1 Å². The highest BCUT2D eigenvalue weighted by molar-refractivity contribution is 7.86. The number of carboxylic acids is 3. The molecule has 3 aliphatic rings. The predicted octanol–water partition coefficient (Wildman–Crippen LogP) is 3.58. The van der Waals surface area contributed by atoms with Gasteiger partial charge in [-0.1, -0.05) is 68.5 Å². The van der Waals surface area contributed by atoms with E-state index < -0.39 is 148 Å². The van der Waals surface area contributed by atoms with Crippen LogP contribution in [0.3, 0.4) is 0 Å². The minimum atomic E-state index is -4.43. The van der Waals surface area contributed by atoms with E-state index in [0.717, 1.165) is 51.5 Å². The van der Waals surface area contributed by atoms with Gasteiger partial charge in [0.15, 0.2) is 35.2 Å². The number of allylic oxidation sites excluding steroid dienone is 7. The van der Waals surface area contributed by atoms with Gasteiger partial charge in [-0.2, -0.15) is 22.6 Å². The van der Waals surface area contributed by atoms with Gasteiger partial charge in [-0.15, -0.1) is 25.3 Å². The van der Waals surface area contributed by atoms with Crippen LogP contribution in [0, 0.1) is 11.8 Å². The van der Waals surface area contributed by atoms with E-state index in [4.69, 9.17) is 79.1 Å². The largest absolute Gasteiger partial charge is 0.748 e. The zero-order chi connectivity index (χ0) is 96.8. The number of aliphatic carboxylic acids is 3. The van der Waals surface area contributed by atoms with Crippen LogP contribution in [0.4, 0.5) is 16.2 Å². The molecule has 4 amide bonds. The van der Waals surface area contributed by atoms with Gasteiger partial charge in [0.1, 0.15) is 29.9 Å². The lowest BCUT2D eigenvalue weighted by Gasteiger charge is -2.28. The third-order valence-electron chi connectivity index (χ3n) is 20.9. The Morgan fingerprint density at radius 1 is 0.597 bits per heavy atom. The van der Waals surface area contributed by atoms with E-state index in [9.17, 15) is 79.3 Å². The Balaban J connectivity index is 0.00000368. The van der Waals surface area contributed by atoms with E-state index in [1.807, 2.05) is 48.6 Å². The van der Waals surface area contributed by atoms with E-state index in [1.165, 1.54) is 0 Å². The Hall–Kier alpha value is -12.2. The molecule has 129 heavy (non-hydrogen) atoms. The standard InChI is InChI=1S/C82H117N15O19S2.CO2.2O3S/c1-81(2)60-24-6-8-28-65(60)96(46-11-13-48-117(110,111)112)69(81)40-34-54-20-15-21-55(35-41-70-82(3,4)61-25-7-9-29-66(61)97(70)47-12-14-49-118(113,114)115)73(54)116-59-37-32-53(33-38-59)50-57(75(105)106)52-68(100)63(27-18-44-91-79(87)88)94-74(104)56(22-16-42-89-77(83)84)51-67(99)62(26-17-43-90-78(85)86)93-71(101)30-10-5-23-58(98)36-39-64(76(107)108)95-80(109)92-45-19-31-72(102)103;2-1-3;2*1-4(2)3/h6-9,24-25,28-29,32-35,37-38,40-41,56-57,62-64H,5,10-23,26-27,30-31,36,39,42-52H2,1-4H3,(H20-,83,84,85,86,87,88,89,90,91,92,93,94,95,101,102,103,104,105,106,107,108,109,110,111,112,113,114,115);;;/t56-,57-,62+,63+,64+;;;/m1.../s1. The molecule has 6 rings (SSSR count). The Bertz CT molecular complexity index is 5130. The van der Waals surface area contributed by atoms with Gasteiger partial charge in [0.2, 0.25) is 17.5 Å². The van der Waals surface area contributed by atoms with Crippen molar-refractivity contribution in [2.75, 3.05) is 55.7 Å². The van der Waals surface area contributed by atoms with Crippen molar-refractivity contribution in [2.45, 2.75) is 211 Å². The van der Waals surface area contributed by atoms with Crippen molar-refractivity contribution < 1.29 is 129 Å². The monoisotopic (exact) mass is 1880 g/mol. The van der Waals surface area contributed by atoms with Crippen LogP contribution in [0.25, 0.3) is 0 Å². The van der Waals surface area contributed by atoms with Crippen LogP contribution >= 0.6 is 0 Å². The molecule has 0 saturated heterocycles. The average Bonchev–Trinajstić information content (AvgIpc) is 1.60. The van der Waals surface area contributed by atoms with Crippen LogP contribution in [-0.4, -0.2) is 223 Å². The summed E-state index contributed by atoms with van der Waals surface area (Å²) in [6, 6.07) is 18.0. The molecule has 3 aromatic carbocycles. The number of anilines is 1. The van der Waals surface area contributed by atoms with E-state index in [2.05, 4.69) is 97.7 Å². The third kappa shape index (κ3) is 42.5. The molecule has 5 atom stereocenters. The molecule has 0 saturated carbocycles. The Morgan fingerprint density at radius 3 is 1.70 bits per heavy atom. The molecule has 42 nitrogen and oxygen atoms in total. The number of ketones is 3. The lowest BCUT2D eigenvalue weighted by Crippen LogP contribution is -2.47. The van der Waals surface area contributed by atoms with Gasteiger partial charge in [-0.05, 0) is 176 Å². The van der Waals surface area contributed by atoms with Gasteiger partial charge < -0.3 is 85.2 Å². The molecule has 0 unspecified atom stereocenters. The van der Waals surface area contributed by atoms with E-state index in [0.29, 0.717) is 55.8 Å². The molecular weight excluding hydrogens is 1770 g/mol. The van der Waals surface area contributed by atoms with Gasteiger partial charge >= 0.3 is 51.3 Å². The fourth-order valence-corrected chi connectivity index (χ4v) is 15.8. The second kappa shape index (κ2) is 56.2. The molecule has 2 heterocycles. The summed E-state index contributed by atoms with van der Waals surface area (Å²) in [4.78, 5) is 149. The highest BCUT2D eigenvalue weighted by Gasteiger charge is 2.45. The number of nitrogens with one attached hydrogen (secondary N) is 4. The van der Waals surface area contributed by atoms with Crippen LogP contribution in [0.5, 0.6) is 5.75 Å². The second-order valence-electron chi connectivity index (χ2n) is 31.3. The maximum absolute atomic E-state index is 14.7. The summed E-state index contributed by atoms with van der Waals surface area (Å²) in [7, 11) is -14.8. The van der Waals surface area contributed by atoms with Crippen molar-refractivity contribution >= 4 is 136 Å². The summed E-state index contributed by atoms with van der Waals surface area (Å²) < 4.78 is 128. The molecule has 2 aliphatic heterocycles. The average molecular weight is 1890 g/mol. The van der Waals surface area contributed by atoms with Crippen molar-refractivity contribution in [3.05, 3.63) is 136 Å². The van der Waals surface area contributed by atoms with Crippen molar-refractivity contribution in [1.82, 2.24) is 21.3 Å². The van der Waals surface area contributed by atoms with Crippen LogP contribution in [-0.2, 0) is 107 Å². The summed E-state index contributed by atoms with van der Waals surface area (Å²) in [5, 5.41) is 39.5. The number of nitrogens with two attached hydrogens (primary N) is 6. The van der Waals surface area contributed by atoms with Gasteiger partial charge in [-0.25, -0.2) is 18.0 Å². The molecule has 710 valence electrons. The highest BCUT2D eigenvalue weighted by Crippen LogP contribution is 2.48. The first-order chi connectivity index (χ1) is 60.6. The zero-order valence-corrected chi connectivity index (χ0v) is 75.5. The van der Waals surface area contributed by atoms with Crippen molar-refractivity contribution in [3.63, 3.8) is 0 Å². The number of amides is 4. The maximum atomic E-state index is 14.7. The molecule has 3 aromatic rings. The number of para-hydroxylation sites is 2. The smallest absolute Gasteiger partial charge is 0.425 e. The number of ether oxygens (including phenoxy) is 1. The summed E-state index contributed by atoms with van der Waals surface area (Å²) in [5.41, 5.74) is 40.8. The molecule has 1 aliphatic carbocycles. The topological polar surface area (TPSA) is 719 Å². The van der Waals surface area contributed by atoms with Gasteiger partial charge in [0, 0.05) is 124 Å². The number of carboxylic acid groups (broad SMARTS) is 3. The number of nitrogens with zero attached hydrogens (tertiary/aromatic N) is 5. The number of unbranched alkanes of at least 4 members (excludes halogenated alkanes) is 3. The molecule has 0 fully saturated rings. The molecule has 0 radical (unpaired) electrons. The third-order valence-corrected chi connectivity index (χ3v) is 22.5. The molecule has 0 aromatic heterocycles. The number of benzene rings is 3. The lowest BCUT2D eigenvalue weighted by molar-refractivity contribution is -0.438. The van der Waals surface area contributed by atoms with Crippen molar-refractivity contribution in [1.29, 1.82) is 0 Å². The van der Waals surface area contributed by atoms with Crippen LogP contribution in [0.15, 0.2) is 135 Å². The van der Waals surface area contributed by atoms with Crippen molar-refractivity contribution in [3.8, 4) is 5.75 Å². The van der Waals surface area contributed by atoms with Crippen molar-refractivity contribution in [2.24, 2.45) is 61.2 Å². The first-order valence-corrected chi connectivity index (χ1v) is 46.5. The van der Waals surface area contributed by atoms with Crippen LogP contribution < -0.4 is 65.3 Å². The first-order valence-electron chi connectivity index (χ1n) is 41.3. The summed E-state index contributed by atoms with van der Waals surface area (Å²) in [6.45, 7) is 9.49. The van der Waals surface area contributed by atoms with E-state index >= 15 is 0 Å². The maximum Gasteiger partial charge on any atom is 0.425 e. The SMILES string of the molecule is CC1(C)C(=CC=C2CCCC(C=CC3=[N+](CCCCS(=O)(=O)O)c4ccccc4C3(C)C)=C2Oc2ccc(C[C@H](CC(=O)[C@H](CCCN=C(N)N)NC(=O)[C@H](CCCN=C(N)N)CC(=O)[C@H](CCCN=C(N)N)NC(=O)CCCCC(=O)CC[C@H](NC(=O)NCCCC(=O)O)C(=O)O)C(=O)O)cc2)N(CCCCS(=O)(=O)[O-])c2ccccc21.O=C=O.O=S(=O)=O.O=S(=O)=O. The summed E-state index contributed by atoms with van der Waals surface area (Å²) >= 11 is 0. The first kappa shape index (κ1) is 111. The van der Waals surface area contributed by atoms with E-state index in [-0.39, 0.29) is 171 Å². The quantitative estimate of drug-likeness (QED) is 0.0126. The summed E-state index contributed by atoms with van der Waals surface area (Å²) in [5.74, 6) is -9.76. The Morgan fingerprint density at radius 2 is 1.14 bits per heavy atom. The number of rotatable bonds is 53. The minimum absolute atomic E-state index is 0.00622. The molecule has 46 heteroatoms. The number of fused-ring (bicyclic) bond motifs is 2. The second-order valence-corrected chi connectivity index (χ2v) is 35.2. The normalized spacial score (nSPS) is 15.3. The number of carbonyl (C=O) groups excluding carboxylic acids is 8. The highest BCUT2D eigenvalue weighted by atomic mass is 32.2. The molecular formula is C83H117N15O27S4. The molecule has 0 spiro atoms. The van der Waals surface area contributed by atoms with Gasteiger partial charge in [0.25, 0.3) is 10.1 Å². The number of aliphatic imine (C=N–C) groups is 3. The van der Waals surface area contributed by atoms with Gasteiger partial charge in [0.05, 0.1) is 39.3 Å². The number of guanidine groups is 3. The van der Waals surface area contributed by atoms with E-state index in [1.54, 1.807) is 24.3 Å². The number of urea groups is 1. The number of hydrogen-bond donors (Lipinski definition) is 14. The molecule has 20 N–H and O–H groups in total.